The lowest BCUT2D eigenvalue weighted by molar-refractivity contribution is -0.137. The Kier molecular flexibility index (Phi) is 5.01. The topological polar surface area (TPSA) is 61.8 Å². The minimum absolute atomic E-state index is 0.00154. The Balaban J connectivity index is 2.15. The largest absolute Gasteiger partial charge is 0.481 e. The van der Waals surface area contributed by atoms with Crippen LogP contribution in [0.1, 0.15) is 13.3 Å². The van der Waals surface area contributed by atoms with Crippen molar-refractivity contribution in [1.82, 2.24) is 10.2 Å². The molecule has 0 bridgehead atoms. The molecule has 5 heteroatoms. The van der Waals surface area contributed by atoms with Crippen molar-refractivity contribution in [2.75, 3.05) is 33.3 Å². The molecule has 15 heavy (non-hydrogen) atoms. The summed E-state index contributed by atoms with van der Waals surface area (Å²) >= 11 is 0. The number of morpholine rings is 1. The van der Waals surface area contributed by atoms with Gasteiger partial charge in [0.15, 0.2) is 0 Å². The van der Waals surface area contributed by atoms with Crippen molar-refractivity contribution in [3.8, 4) is 0 Å². The predicted octanol–water partition coefficient (Wildman–Crippen LogP) is -0.230. The lowest BCUT2D eigenvalue weighted by atomic mass is 10.2. The third-order valence-electron chi connectivity index (χ3n) is 2.52. The Morgan fingerprint density at radius 3 is 3.07 bits per heavy atom. The van der Waals surface area contributed by atoms with Gasteiger partial charge in [-0.15, -0.1) is 0 Å². The zero-order valence-electron chi connectivity index (χ0n) is 9.40. The zero-order valence-corrected chi connectivity index (χ0v) is 9.40. The molecule has 88 valence electrons. The van der Waals surface area contributed by atoms with E-state index in [1.54, 1.807) is 0 Å². The molecular formula is C10H20N2O3. The molecule has 0 saturated carbocycles. The molecule has 1 saturated heterocycles. The summed E-state index contributed by atoms with van der Waals surface area (Å²) in [5, 5.41) is 11.8. The van der Waals surface area contributed by atoms with Crippen LogP contribution < -0.4 is 5.32 Å². The summed E-state index contributed by atoms with van der Waals surface area (Å²) in [4.78, 5) is 12.7. The van der Waals surface area contributed by atoms with Gasteiger partial charge in [0.2, 0.25) is 0 Å². The average Bonchev–Trinajstić information content (AvgIpc) is 2.14. The molecule has 1 rings (SSSR count). The monoisotopic (exact) mass is 216 g/mol. The number of nitrogens with one attached hydrogen (secondary N) is 1. The van der Waals surface area contributed by atoms with E-state index in [9.17, 15) is 4.79 Å². The molecule has 0 aliphatic carbocycles. The predicted molar refractivity (Wildman–Crippen MR) is 57.0 cm³/mol. The van der Waals surface area contributed by atoms with Crippen LogP contribution in [0.3, 0.4) is 0 Å². The molecule has 1 aliphatic rings. The number of ether oxygens (including phenoxy) is 1. The summed E-state index contributed by atoms with van der Waals surface area (Å²) in [6.45, 7) is 5.24. The zero-order chi connectivity index (χ0) is 11.3. The molecule has 0 aromatic heterocycles. The van der Waals surface area contributed by atoms with E-state index in [2.05, 4.69) is 17.3 Å². The van der Waals surface area contributed by atoms with E-state index in [0.29, 0.717) is 0 Å². The van der Waals surface area contributed by atoms with Crippen LogP contribution in [0.2, 0.25) is 0 Å². The van der Waals surface area contributed by atoms with E-state index in [1.165, 1.54) is 0 Å². The minimum Gasteiger partial charge on any atom is -0.481 e. The quantitative estimate of drug-likeness (QED) is 0.664. The highest BCUT2D eigenvalue weighted by molar-refractivity contribution is 5.67. The Hall–Kier alpha value is -0.650. The summed E-state index contributed by atoms with van der Waals surface area (Å²) in [5.41, 5.74) is 0. The third kappa shape index (κ3) is 5.11. The van der Waals surface area contributed by atoms with E-state index in [0.717, 1.165) is 26.2 Å². The van der Waals surface area contributed by atoms with Gasteiger partial charge in [-0.2, -0.15) is 0 Å². The molecule has 0 amide bonds. The van der Waals surface area contributed by atoms with Gasteiger partial charge in [0, 0.05) is 25.7 Å². The first-order valence-corrected chi connectivity index (χ1v) is 5.33. The average molecular weight is 216 g/mol. The van der Waals surface area contributed by atoms with Gasteiger partial charge in [-0.3, -0.25) is 4.79 Å². The van der Waals surface area contributed by atoms with Gasteiger partial charge in [0.05, 0.1) is 19.1 Å². The van der Waals surface area contributed by atoms with E-state index < -0.39 is 5.97 Å². The summed E-state index contributed by atoms with van der Waals surface area (Å²) in [5.74, 6) is -0.767. The van der Waals surface area contributed by atoms with Crippen molar-refractivity contribution >= 4 is 5.97 Å². The maximum absolute atomic E-state index is 10.4. The molecule has 0 aromatic rings. The van der Waals surface area contributed by atoms with Crippen LogP contribution in [0.15, 0.2) is 0 Å². The van der Waals surface area contributed by atoms with Gasteiger partial charge in [-0.1, -0.05) is 0 Å². The Morgan fingerprint density at radius 1 is 1.73 bits per heavy atom. The number of hydrogen-bond donors (Lipinski definition) is 2. The molecule has 2 unspecified atom stereocenters. The van der Waals surface area contributed by atoms with Crippen LogP contribution in [0.25, 0.3) is 0 Å². The van der Waals surface area contributed by atoms with Crippen molar-refractivity contribution in [3.63, 3.8) is 0 Å². The highest BCUT2D eigenvalue weighted by Crippen LogP contribution is 2.02. The maximum Gasteiger partial charge on any atom is 0.304 e. The Bertz CT molecular complexity index is 211. The number of hydrogen-bond acceptors (Lipinski definition) is 4. The highest BCUT2D eigenvalue weighted by Gasteiger charge is 2.18. The van der Waals surface area contributed by atoms with Crippen LogP contribution in [0, 0.1) is 0 Å². The second kappa shape index (κ2) is 6.05. The molecule has 1 heterocycles. The standard InChI is InChI=1S/C10H20N2O3/c1-8(5-10(13)14)11-6-9-7-12(2)3-4-15-9/h8-9,11H,3-7H2,1-2H3,(H,13,14). The number of rotatable bonds is 5. The molecule has 1 fully saturated rings. The fraction of sp³-hybridized carbons (Fsp3) is 0.900. The van der Waals surface area contributed by atoms with Crippen LogP contribution in [0.5, 0.6) is 0 Å². The Labute approximate surface area is 90.4 Å². The number of aliphatic carboxylic acids is 1. The number of carbonyl (C=O) groups is 1. The minimum atomic E-state index is -0.767. The molecule has 1 aliphatic heterocycles. The lowest BCUT2D eigenvalue weighted by Gasteiger charge is -2.30. The van der Waals surface area contributed by atoms with E-state index in [4.69, 9.17) is 9.84 Å². The van der Waals surface area contributed by atoms with Crippen molar-refractivity contribution in [2.45, 2.75) is 25.5 Å². The Morgan fingerprint density at radius 2 is 2.47 bits per heavy atom. The molecule has 5 nitrogen and oxygen atoms in total. The van der Waals surface area contributed by atoms with Crippen LogP contribution in [0.4, 0.5) is 0 Å². The van der Waals surface area contributed by atoms with Crippen molar-refractivity contribution < 1.29 is 14.6 Å². The van der Waals surface area contributed by atoms with Gasteiger partial charge in [-0.25, -0.2) is 0 Å². The van der Waals surface area contributed by atoms with Gasteiger partial charge < -0.3 is 20.1 Å². The first-order chi connectivity index (χ1) is 7.08. The number of carboxylic acid groups (broad SMARTS) is 1. The third-order valence-corrected chi connectivity index (χ3v) is 2.52. The first-order valence-electron chi connectivity index (χ1n) is 5.33. The molecule has 2 atom stereocenters. The van der Waals surface area contributed by atoms with Gasteiger partial charge in [0.25, 0.3) is 0 Å². The van der Waals surface area contributed by atoms with Gasteiger partial charge in [0.1, 0.15) is 0 Å². The maximum atomic E-state index is 10.4. The molecule has 0 aromatic carbocycles. The normalized spacial score (nSPS) is 25.1. The molecule has 0 radical (unpaired) electrons. The van der Waals surface area contributed by atoms with E-state index in [-0.39, 0.29) is 18.6 Å². The van der Waals surface area contributed by atoms with Crippen molar-refractivity contribution in [2.24, 2.45) is 0 Å². The first kappa shape index (κ1) is 12.4. The van der Waals surface area contributed by atoms with Gasteiger partial charge >= 0.3 is 5.97 Å². The van der Waals surface area contributed by atoms with Crippen LogP contribution in [-0.2, 0) is 9.53 Å². The summed E-state index contributed by atoms with van der Waals surface area (Å²) in [7, 11) is 2.07. The summed E-state index contributed by atoms with van der Waals surface area (Å²) < 4.78 is 5.55. The lowest BCUT2D eigenvalue weighted by Crippen LogP contribution is -2.46. The number of carboxylic acids is 1. The van der Waals surface area contributed by atoms with Crippen molar-refractivity contribution in [1.29, 1.82) is 0 Å². The van der Waals surface area contributed by atoms with Crippen LogP contribution >= 0.6 is 0 Å². The number of nitrogens with zero attached hydrogens (tertiary/aromatic N) is 1. The summed E-state index contributed by atoms with van der Waals surface area (Å²) in [6, 6.07) is -0.00154. The molecule has 2 N–H and O–H groups in total. The SMILES string of the molecule is CC(CC(=O)O)NCC1CN(C)CCO1. The van der Waals surface area contributed by atoms with E-state index in [1.807, 2.05) is 6.92 Å². The fourth-order valence-corrected chi connectivity index (χ4v) is 1.66. The second-order valence-corrected chi connectivity index (χ2v) is 4.16. The highest BCUT2D eigenvalue weighted by atomic mass is 16.5. The summed E-state index contributed by atoms with van der Waals surface area (Å²) in [6.07, 6.45) is 0.336. The number of likely N-dealkylation sites (N-methyl/N-ethyl adjacent to an activating group) is 1. The second-order valence-electron chi connectivity index (χ2n) is 4.16. The van der Waals surface area contributed by atoms with Crippen LogP contribution in [-0.4, -0.2) is 61.4 Å². The molecule has 0 spiro atoms. The fourth-order valence-electron chi connectivity index (χ4n) is 1.66. The smallest absolute Gasteiger partial charge is 0.304 e. The molecular weight excluding hydrogens is 196 g/mol. The van der Waals surface area contributed by atoms with Gasteiger partial charge in [-0.05, 0) is 14.0 Å². The van der Waals surface area contributed by atoms with Crippen molar-refractivity contribution in [3.05, 3.63) is 0 Å². The van der Waals surface area contributed by atoms with E-state index >= 15 is 0 Å².